The highest BCUT2D eigenvalue weighted by Gasteiger charge is 2.09. The van der Waals surface area contributed by atoms with Crippen LogP contribution in [0.3, 0.4) is 0 Å². The molecule has 0 aliphatic heterocycles. The summed E-state index contributed by atoms with van der Waals surface area (Å²) in [6.07, 6.45) is 0. The van der Waals surface area contributed by atoms with Gasteiger partial charge in [0.1, 0.15) is 0 Å². The van der Waals surface area contributed by atoms with E-state index in [0.29, 0.717) is 34.3 Å². The van der Waals surface area contributed by atoms with Gasteiger partial charge in [0.05, 0.1) is 0 Å². The minimum Gasteiger partial charge on any atom is -0.361 e. The zero-order valence-corrected chi connectivity index (χ0v) is 17.6. The average Bonchev–Trinajstić information content (AvgIpc) is 2.66. The molecule has 0 atom stereocenters. The lowest BCUT2D eigenvalue weighted by atomic mass is 10.2. The molecule has 0 spiro atoms. The molecule has 0 fully saturated rings. The predicted octanol–water partition coefficient (Wildman–Crippen LogP) is 2.90. The zero-order chi connectivity index (χ0) is 20.5. The number of hydrogen-bond acceptors (Lipinski definition) is 4. The first kappa shape index (κ1) is 22.0. The molecule has 0 saturated carbocycles. The molecule has 0 radical (unpaired) electrons. The van der Waals surface area contributed by atoms with Crippen molar-refractivity contribution in [2.75, 3.05) is 13.1 Å². The van der Waals surface area contributed by atoms with Gasteiger partial charge in [0.2, 0.25) is 0 Å². The monoisotopic (exact) mass is 454 g/mol. The van der Waals surface area contributed by atoms with Gasteiger partial charge >= 0.3 is 0 Å². The van der Waals surface area contributed by atoms with Crippen molar-refractivity contribution in [3.63, 3.8) is 0 Å². The van der Waals surface area contributed by atoms with Gasteiger partial charge in [-0.05, 0) is 73.0 Å². The molecule has 0 unspecified atom stereocenters. The van der Waals surface area contributed by atoms with Gasteiger partial charge in [-0.15, -0.1) is 0 Å². The molecule has 0 heterocycles. The van der Waals surface area contributed by atoms with E-state index in [2.05, 4.69) is 21.3 Å². The van der Waals surface area contributed by atoms with Crippen LogP contribution in [0.5, 0.6) is 0 Å². The van der Waals surface area contributed by atoms with E-state index >= 15 is 0 Å². The second-order valence-electron chi connectivity index (χ2n) is 5.43. The summed E-state index contributed by atoms with van der Waals surface area (Å²) in [5, 5.41) is 12.3. The topological polar surface area (TPSA) is 82.3 Å². The van der Waals surface area contributed by atoms with Crippen molar-refractivity contribution in [2.24, 2.45) is 0 Å². The second kappa shape index (κ2) is 10.9. The Hall–Kier alpha value is -2.26. The van der Waals surface area contributed by atoms with Gasteiger partial charge in [0, 0.05) is 34.3 Å². The summed E-state index contributed by atoms with van der Waals surface area (Å²) in [6.45, 7) is 0.771. The van der Waals surface area contributed by atoms with E-state index in [1.54, 1.807) is 48.5 Å². The van der Waals surface area contributed by atoms with Crippen LogP contribution in [-0.2, 0) is 0 Å². The zero-order valence-electron chi connectivity index (χ0n) is 14.4. The minimum atomic E-state index is -0.340. The van der Waals surface area contributed by atoms with Crippen LogP contribution in [0.15, 0.2) is 48.5 Å². The molecule has 10 heteroatoms. The minimum absolute atomic E-state index is 0.179. The Morgan fingerprint density at radius 3 is 1.32 bits per heavy atom. The molecule has 0 saturated heterocycles. The third kappa shape index (κ3) is 7.40. The number of rotatable bonds is 5. The summed E-state index contributed by atoms with van der Waals surface area (Å²) < 4.78 is 0. The Morgan fingerprint density at radius 1 is 0.679 bits per heavy atom. The average molecular weight is 455 g/mol. The van der Waals surface area contributed by atoms with E-state index in [0.717, 1.165) is 0 Å². The van der Waals surface area contributed by atoms with Gasteiger partial charge in [-0.2, -0.15) is 0 Å². The molecular weight excluding hydrogens is 439 g/mol. The summed E-state index contributed by atoms with van der Waals surface area (Å²) in [5.41, 5.74) is 0.885. The normalized spacial score (nSPS) is 9.93. The van der Waals surface area contributed by atoms with Gasteiger partial charge in [-0.1, -0.05) is 23.2 Å². The van der Waals surface area contributed by atoms with Crippen LogP contribution in [0, 0.1) is 0 Å². The van der Waals surface area contributed by atoms with Gasteiger partial charge in [0.25, 0.3) is 11.8 Å². The molecule has 2 rings (SSSR count). The molecular formula is C18H16Cl2N4O2S2. The van der Waals surface area contributed by atoms with E-state index in [-0.39, 0.29) is 22.0 Å². The van der Waals surface area contributed by atoms with Gasteiger partial charge in [-0.25, -0.2) is 0 Å². The molecule has 2 aromatic rings. The van der Waals surface area contributed by atoms with Crippen molar-refractivity contribution in [1.29, 1.82) is 0 Å². The van der Waals surface area contributed by atoms with Crippen LogP contribution in [0.2, 0.25) is 10.0 Å². The van der Waals surface area contributed by atoms with Gasteiger partial charge < -0.3 is 10.6 Å². The fourth-order valence-electron chi connectivity index (χ4n) is 1.99. The smallest absolute Gasteiger partial charge is 0.257 e. The molecule has 4 N–H and O–H groups in total. The Labute approximate surface area is 183 Å². The maximum Gasteiger partial charge on any atom is 0.257 e. The largest absolute Gasteiger partial charge is 0.361 e. The van der Waals surface area contributed by atoms with Crippen LogP contribution < -0.4 is 21.3 Å². The Balaban J connectivity index is 1.66. The summed E-state index contributed by atoms with van der Waals surface area (Å²) in [6, 6.07) is 12.9. The molecule has 28 heavy (non-hydrogen) atoms. The van der Waals surface area contributed by atoms with Crippen molar-refractivity contribution in [1.82, 2.24) is 21.3 Å². The van der Waals surface area contributed by atoms with Crippen LogP contribution in [0.4, 0.5) is 0 Å². The molecule has 2 aromatic carbocycles. The van der Waals surface area contributed by atoms with Crippen LogP contribution in [0.25, 0.3) is 0 Å². The number of benzene rings is 2. The Bertz CT molecular complexity index is 801. The number of hydrogen-bond donors (Lipinski definition) is 4. The molecule has 0 aromatic heterocycles. The number of amides is 2. The van der Waals surface area contributed by atoms with Crippen molar-refractivity contribution in [3.05, 3.63) is 69.7 Å². The number of thiocarbonyl (C=S) groups is 2. The maximum absolute atomic E-state index is 12.0. The van der Waals surface area contributed by atoms with E-state index < -0.39 is 0 Å². The fraction of sp³-hybridized carbons (Fsp3) is 0.111. The highest BCUT2D eigenvalue weighted by molar-refractivity contribution is 7.80. The lowest BCUT2D eigenvalue weighted by molar-refractivity contribution is 0.0968. The Kier molecular flexibility index (Phi) is 8.59. The van der Waals surface area contributed by atoms with Crippen molar-refractivity contribution in [2.45, 2.75) is 0 Å². The van der Waals surface area contributed by atoms with E-state index in [1.807, 2.05) is 0 Å². The molecule has 2 amide bonds. The van der Waals surface area contributed by atoms with Crippen molar-refractivity contribution in [3.8, 4) is 0 Å². The standard InChI is InChI=1S/C18H16Cl2N4O2S2/c19-13-5-1-11(2-6-13)15(25)23-17(27)21-9-10-22-18(28)24-16(26)12-3-7-14(20)8-4-12/h1-8H,9-10H2,(H2,21,23,25,27)(H2,22,24,26,28). The van der Waals surface area contributed by atoms with Crippen molar-refractivity contribution >= 4 is 69.7 Å². The van der Waals surface area contributed by atoms with Gasteiger partial charge in [-0.3, -0.25) is 20.2 Å². The summed E-state index contributed by atoms with van der Waals surface area (Å²) >= 11 is 21.7. The number of carbonyl (C=O) groups is 2. The lowest BCUT2D eigenvalue weighted by Crippen LogP contribution is -2.45. The first-order valence-corrected chi connectivity index (χ1v) is 9.62. The SMILES string of the molecule is O=C(NC(=S)NCCNC(=S)NC(=O)c1ccc(Cl)cc1)c1ccc(Cl)cc1. The Morgan fingerprint density at radius 2 is 1.00 bits per heavy atom. The molecule has 0 bridgehead atoms. The quantitative estimate of drug-likeness (QED) is 0.410. The predicted molar refractivity (Wildman–Crippen MR) is 119 cm³/mol. The van der Waals surface area contributed by atoms with Gasteiger partial charge in [0.15, 0.2) is 10.2 Å². The van der Waals surface area contributed by atoms with Crippen molar-refractivity contribution < 1.29 is 9.59 Å². The molecule has 6 nitrogen and oxygen atoms in total. The first-order valence-electron chi connectivity index (χ1n) is 8.04. The molecule has 0 aliphatic carbocycles. The van der Waals surface area contributed by atoms with E-state index in [4.69, 9.17) is 47.6 Å². The maximum atomic E-state index is 12.0. The number of nitrogens with one attached hydrogen (secondary N) is 4. The number of carbonyl (C=O) groups excluding carboxylic acids is 2. The third-order valence-electron chi connectivity index (χ3n) is 3.36. The number of halogens is 2. The van der Waals surface area contributed by atoms with E-state index in [9.17, 15) is 9.59 Å². The summed E-state index contributed by atoms with van der Waals surface area (Å²) in [7, 11) is 0. The van der Waals surface area contributed by atoms with Crippen LogP contribution in [-0.4, -0.2) is 35.1 Å². The highest BCUT2D eigenvalue weighted by Crippen LogP contribution is 2.10. The fourth-order valence-corrected chi connectivity index (χ4v) is 2.64. The van der Waals surface area contributed by atoms with E-state index in [1.165, 1.54) is 0 Å². The molecule has 146 valence electrons. The highest BCUT2D eigenvalue weighted by atomic mass is 35.5. The molecule has 0 aliphatic rings. The third-order valence-corrected chi connectivity index (χ3v) is 4.36. The second-order valence-corrected chi connectivity index (χ2v) is 7.12. The van der Waals surface area contributed by atoms with Crippen LogP contribution >= 0.6 is 47.6 Å². The summed E-state index contributed by atoms with van der Waals surface area (Å²) in [4.78, 5) is 24.0. The first-order chi connectivity index (χ1) is 13.3. The summed E-state index contributed by atoms with van der Waals surface area (Å²) in [5.74, 6) is -0.680. The van der Waals surface area contributed by atoms with Crippen LogP contribution in [0.1, 0.15) is 20.7 Å². The lowest BCUT2D eigenvalue weighted by Gasteiger charge is -2.12.